The van der Waals surface area contributed by atoms with Crippen molar-refractivity contribution in [1.82, 2.24) is 9.30 Å². The third-order valence-corrected chi connectivity index (χ3v) is 5.49. The summed E-state index contributed by atoms with van der Waals surface area (Å²) >= 11 is 0. The quantitative estimate of drug-likeness (QED) is 0.527. The normalized spacial score (nSPS) is 14.8. The molecule has 140 valence electrons. The minimum absolute atomic E-state index is 0.0616. The van der Waals surface area contributed by atoms with E-state index in [0.29, 0.717) is 18.7 Å². The summed E-state index contributed by atoms with van der Waals surface area (Å²) in [6.07, 6.45) is 1.94. The lowest BCUT2D eigenvalue weighted by atomic mass is 10.2. The number of amides is 1. The summed E-state index contributed by atoms with van der Waals surface area (Å²) < 4.78 is 15.2. The summed E-state index contributed by atoms with van der Waals surface area (Å²) in [4.78, 5) is 17.1. The number of hydrogen-bond acceptors (Lipinski definition) is 2. The summed E-state index contributed by atoms with van der Waals surface area (Å²) in [5, 5.41) is 1.15. The number of carbonyl (C=O) groups excluding carboxylic acids is 1. The number of hydrogen-bond donors (Lipinski definition) is 0. The zero-order valence-corrected chi connectivity index (χ0v) is 15.4. The molecule has 0 spiro atoms. The molecule has 5 rings (SSSR count). The highest BCUT2D eigenvalue weighted by Gasteiger charge is 2.23. The van der Waals surface area contributed by atoms with Gasteiger partial charge in [0.15, 0.2) is 0 Å². The Kier molecular flexibility index (Phi) is 4.01. The van der Waals surface area contributed by atoms with Crippen LogP contribution in [0, 0.1) is 5.82 Å². The highest BCUT2D eigenvalue weighted by Crippen LogP contribution is 2.22. The maximum absolute atomic E-state index is 13.1. The summed E-state index contributed by atoms with van der Waals surface area (Å²) in [7, 11) is 0. The molecule has 4 nitrogen and oxygen atoms in total. The lowest BCUT2D eigenvalue weighted by Gasteiger charge is -2.36. The van der Waals surface area contributed by atoms with Gasteiger partial charge in [0.2, 0.25) is 0 Å². The summed E-state index contributed by atoms with van der Waals surface area (Å²) in [6, 6.07) is 20.8. The third kappa shape index (κ3) is 2.89. The number of piperazine rings is 1. The number of anilines is 1. The summed E-state index contributed by atoms with van der Waals surface area (Å²) in [5.74, 6) is -0.169. The number of aromatic nitrogens is 1. The largest absolute Gasteiger partial charge is 0.368 e. The average molecular weight is 373 g/mol. The Bertz CT molecular complexity index is 1160. The molecule has 0 bridgehead atoms. The van der Waals surface area contributed by atoms with Crippen molar-refractivity contribution < 1.29 is 9.18 Å². The molecule has 5 heteroatoms. The zero-order chi connectivity index (χ0) is 19.1. The number of carbonyl (C=O) groups is 1. The van der Waals surface area contributed by atoms with E-state index in [9.17, 15) is 9.18 Å². The Labute approximate surface area is 162 Å². The number of halogens is 1. The van der Waals surface area contributed by atoms with Gasteiger partial charge < -0.3 is 14.2 Å². The molecule has 2 aromatic carbocycles. The number of rotatable bonds is 2. The van der Waals surface area contributed by atoms with Gasteiger partial charge in [-0.3, -0.25) is 4.79 Å². The molecule has 3 heterocycles. The van der Waals surface area contributed by atoms with Gasteiger partial charge in [-0.2, -0.15) is 0 Å². The fraction of sp³-hybridized carbons (Fsp3) is 0.174. The number of fused-ring (bicyclic) bond motifs is 3. The predicted molar refractivity (Wildman–Crippen MR) is 109 cm³/mol. The van der Waals surface area contributed by atoms with Crippen LogP contribution in [0.2, 0.25) is 0 Å². The molecule has 1 fully saturated rings. The molecule has 0 aliphatic carbocycles. The van der Waals surface area contributed by atoms with Crippen molar-refractivity contribution >= 4 is 28.0 Å². The highest BCUT2D eigenvalue weighted by molar-refractivity contribution is 5.97. The van der Waals surface area contributed by atoms with Crippen LogP contribution < -0.4 is 4.90 Å². The maximum Gasteiger partial charge on any atom is 0.255 e. The van der Waals surface area contributed by atoms with Crippen LogP contribution in [-0.2, 0) is 0 Å². The van der Waals surface area contributed by atoms with Crippen LogP contribution >= 0.6 is 0 Å². The van der Waals surface area contributed by atoms with Crippen LogP contribution in [0.25, 0.3) is 16.4 Å². The lowest BCUT2D eigenvalue weighted by Crippen LogP contribution is -2.48. The number of pyridine rings is 1. The second-order valence-electron chi connectivity index (χ2n) is 7.17. The molecular weight excluding hydrogens is 353 g/mol. The van der Waals surface area contributed by atoms with Crippen molar-refractivity contribution in [1.29, 1.82) is 0 Å². The van der Waals surface area contributed by atoms with Crippen LogP contribution in [0.3, 0.4) is 0 Å². The van der Waals surface area contributed by atoms with E-state index >= 15 is 0 Å². The molecule has 1 amide bonds. The van der Waals surface area contributed by atoms with Crippen LogP contribution in [0.4, 0.5) is 10.1 Å². The predicted octanol–water partition coefficient (Wildman–Crippen LogP) is 4.19. The average Bonchev–Trinajstić information content (AvgIpc) is 3.19. The fourth-order valence-electron chi connectivity index (χ4n) is 3.96. The molecule has 0 radical (unpaired) electrons. The van der Waals surface area contributed by atoms with Gasteiger partial charge in [-0.25, -0.2) is 4.39 Å². The molecule has 1 aliphatic heterocycles. The smallest absolute Gasteiger partial charge is 0.255 e. The molecule has 0 saturated carbocycles. The molecule has 1 aliphatic rings. The zero-order valence-electron chi connectivity index (χ0n) is 15.4. The second kappa shape index (κ2) is 6.68. The highest BCUT2D eigenvalue weighted by atomic mass is 19.1. The first-order valence-electron chi connectivity index (χ1n) is 9.49. The molecule has 4 aromatic rings. The molecule has 1 saturated heterocycles. The Morgan fingerprint density at radius 3 is 2.39 bits per heavy atom. The first-order chi connectivity index (χ1) is 13.7. The van der Waals surface area contributed by atoms with Gasteiger partial charge in [0.25, 0.3) is 5.91 Å². The minimum atomic E-state index is -0.231. The Balaban J connectivity index is 1.35. The monoisotopic (exact) mass is 373 g/mol. The van der Waals surface area contributed by atoms with E-state index in [1.807, 2.05) is 35.4 Å². The standard InChI is InChI=1S/C23H20FN3O/c24-19-6-9-20(10-7-19)25-11-13-26(14-12-25)23(28)18-15-21-8-5-17-3-1-2-4-22(17)27(21)16-18/h1-10,15-16H,11-14H2. The topological polar surface area (TPSA) is 28.0 Å². The van der Waals surface area contributed by atoms with Crippen LogP contribution in [-0.4, -0.2) is 41.4 Å². The van der Waals surface area contributed by atoms with Gasteiger partial charge in [0.05, 0.1) is 11.1 Å². The van der Waals surface area contributed by atoms with Gasteiger partial charge in [-0.15, -0.1) is 0 Å². The van der Waals surface area contributed by atoms with Crippen molar-refractivity contribution in [3.63, 3.8) is 0 Å². The molecule has 0 unspecified atom stereocenters. The lowest BCUT2D eigenvalue weighted by molar-refractivity contribution is 0.0747. The summed E-state index contributed by atoms with van der Waals surface area (Å²) in [6.45, 7) is 2.80. The van der Waals surface area contributed by atoms with Crippen molar-refractivity contribution in [3.05, 3.63) is 84.3 Å². The number of para-hydroxylation sites is 1. The Morgan fingerprint density at radius 2 is 1.61 bits per heavy atom. The van der Waals surface area contributed by atoms with Crippen LogP contribution in [0.15, 0.2) is 72.9 Å². The third-order valence-electron chi connectivity index (χ3n) is 5.49. The number of nitrogens with zero attached hydrogens (tertiary/aromatic N) is 3. The first kappa shape index (κ1) is 16.8. The van der Waals surface area contributed by atoms with Gasteiger partial charge in [0, 0.05) is 43.6 Å². The minimum Gasteiger partial charge on any atom is -0.368 e. The van der Waals surface area contributed by atoms with Gasteiger partial charge in [0.1, 0.15) is 5.82 Å². The second-order valence-corrected chi connectivity index (χ2v) is 7.17. The van der Waals surface area contributed by atoms with E-state index in [1.165, 1.54) is 12.1 Å². The van der Waals surface area contributed by atoms with Gasteiger partial charge >= 0.3 is 0 Å². The Hall–Kier alpha value is -3.34. The molecule has 0 N–H and O–H groups in total. The van der Waals surface area contributed by atoms with E-state index in [0.717, 1.165) is 35.2 Å². The van der Waals surface area contributed by atoms with Crippen molar-refractivity contribution in [2.45, 2.75) is 0 Å². The summed E-state index contributed by atoms with van der Waals surface area (Å²) in [5.41, 5.74) is 3.83. The fourth-order valence-corrected chi connectivity index (χ4v) is 3.96. The van der Waals surface area contributed by atoms with E-state index in [2.05, 4.69) is 27.5 Å². The first-order valence-corrected chi connectivity index (χ1v) is 9.49. The van der Waals surface area contributed by atoms with Crippen LogP contribution in [0.5, 0.6) is 0 Å². The van der Waals surface area contributed by atoms with E-state index < -0.39 is 0 Å². The van der Waals surface area contributed by atoms with Gasteiger partial charge in [-0.05, 0) is 47.9 Å². The molecule has 2 aromatic heterocycles. The van der Waals surface area contributed by atoms with Crippen molar-refractivity contribution in [2.75, 3.05) is 31.1 Å². The van der Waals surface area contributed by atoms with Crippen LogP contribution in [0.1, 0.15) is 10.4 Å². The SMILES string of the molecule is O=C(c1cc2ccc3ccccc3n2c1)N1CCN(c2ccc(F)cc2)CC1. The maximum atomic E-state index is 13.1. The molecule has 0 atom stereocenters. The molecule has 28 heavy (non-hydrogen) atoms. The van der Waals surface area contributed by atoms with E-state index in [4.69, 9.17) is 0 Å². The van der Waals surface area contributed by atoms with Gasteiger partial charge in [-0.1, -0.05) is 24.3 Å². The van der Waals surface area contributed by atoms with Crippen molar-refractivity contribution in [3.8, 4) is 0 Å². The van der Waals surface area contributed by atoms with E-state index in [-0.39, 0.29) is 11.7 Å². The van der Waals surface area contributed by atoms with E-state index in [1.54, 1.807) is 12.1 Å². The molecular formula is C23H20FN3O. The van der Waals surface area contributed by atoms with Crippen molar-refractivity contribution in [2.24, 2.45) is 0 Å². The Morgan fingerprint density at radius 1 is 0.857 bits per heavy atom. The number of benzene rings is 2.